The molecule has 1 unspecified atom stereocenters. The monoisotopic (exact) mass is 309 g/mol. The van der Waals surface area contributed by atoms with Crippen molar-refractivity contribution in [2.45, 2.75) is 46.6 Å². The Balaban J connectivity index is 2.78. The van der Waals surface area contributed by atoms with E-state index in [1.807, 2.05) is 18.2 Å². The molecule has 1 atom stereocenters. The SMILES string of the molecule is CC(C)COc1ccc(CCC(O)CN)cc1OCC(C)C. The Labute approximate surface area is 134 Å². The summed E-state index contributed by atoms with van der Waals surface area (Å²) in [5.74, 6) is 2.50. The Bertz CT molecular complexity index is 432. The van der Waals surface area contributed by atoms with Crippen molar-refractivity contribution < 1.29 is 14.6 Å². The Kier molecular flexibility index (Phi) is 8.28. The van der Waals surface area contributed by atoms with Gasteiger partial charge in [0.05, 0.1) is 19.3 Å². The molecular weight excluding hydrogens is 278 g/mol. The summed E-state index contributed by atoms with van der Waals surface area (Å²) in [7, 11) is 0. The van der Waals surface area contributed by atoms with Crippen LogP contribution in [0.4, 0.5) is 0 Å². The van der Waals surface area contributed by atoms with Crippen LogP contribution in [0.5, 0.6) is 11.5 Å². The molecule has 0 spiro atoms. The van der Waals surface area contributed by atoms with Crippen LogP contribution in [0.15, 0.2) is 18.2 Å². The second kappa shape index (κ2) is 9.70. The summed E-state index contributed by atoms with van der Waals surface area (Å²) in [4.78, 5) is 0. The van der Waals surface area contributed by atoms with Crippen molar-refractivity contribution in [3.8, 4) is 11.5 Å². The quantitative estimate of drug-likeness (QED) is 0.697. The number of nitrogens with two attached hydrogens (primary N) is 1. The van der Waals surface area contributed by atoms with E-state index in [1.54, 1.807) is 0 Å². The van der Waals surface area contributed by atoms with Gasteiger partial charge in [-0.1, -0.05) is 33.8 Å². The van der Waals surface area contributed by atoms with Crippen LogP contribution in [0.25, 0.3) is 0 Å². The van der Waals surface area contributed by atoms with E-state index >= 15 is 0 Å². The van der Waals surface area contributed by atoms with E-state index in [1.165, 1.54) is 0 Å². The van der Waals surface area contributed by atoms with Crippen LogP contribution in [0.2, 0.25) is 0 Å². The predicted molar refractivity (Wildman–Crippen MR) is 90.5 cm³/mol. The van der Waals surface area contributed by atoms with Crippen molar-refractivity contribution in [2.24, 2.45) is 17.6 Å². The molecule has 0 bridgehead atoms. The third kappa shape index (κ3) is 7.14. The van der Waals surface area contributed by atoms with Crippen molar-refractivity contribution >= 4 is 0 Å². The van der Waals surface area contributed by atoms with Gasteiger partial charge in [-0.25, -0.2) is 0 Å². The largest absolute Gasteiger partial charge is 0.489 e. The van der Waals surface area contributed by atoms with Crippen molar-refractivity contribution in [3.63, 3.8) is 0 Å². The topological polar surface area (TPSA) is 64.7 Å². The number of ether oxygens (including phenoxy) is 2. The second-order valence-electron chi connectivity index (χ2n) is 6.62. The molecule has 0 radical (unpaired) electrons. The second-order valence-corrected chi connectivity index (χ2v) is 6.62. The van der Waals surface area contributed by atoms with Crippen molar-refractivity contribution in [2.75, 3.05) is 19.8 Å². The standard InChI is InChI=1S/C18H31NO3/c1-13(2)11-21-17-8-6-15(5-7-16(20)10-19)9-18(17)22-12-14(3)4/h6,8-9,13-14,16,20H,5,7,10-12,19H2,1-4H3. The van der Waals surface area contributed by atoms with Gasteiger partial charge in [0.15, 0.2) is 11.5 Å². The van der Waals surface area contributed by atoms with Crippen LogP contribution < -0.4 is 15.2 Å². The molecule has 1 rings (SSSR count). The van der Waals surface area contributed by atoms with Gasteiger partial charge in [-0.2, -0.15) is 0 Å². The lowest BCUT2D eigenvalue weighted by atomic mass is 10.1. The maximum absolute atomic E-state index is 9.58. The Hall–Kier alpha value is -1.26. The highest BCUT2D eigenvalue weighted by Gasteiger charge is 2.10. The number of aryl methyl sites for hydroxylation is 1. The van der Waals surface area contributed by atoms with Gasteiger partial charge in [-0.3, -0.25) is 0 Å². The van der Waals surface area contributed by atoms with Crippen LogP contribution in [-0.4, -0.2) is 31.0 Å². The first kappa shape index (κ1) is 18.8. The van der Waals surface area contributed by atoms with Crippen molar-refractivity contribution in [1.82, 2.24) is 0 Å². The van der Waals surface area contributed by atoms with Crippen LogP contribution >= 0.6 is 0 Å². The van der Waals surface area contributed by atoms with Crippen LogP contribution in [0.3, 0.4) is 0 Å². The molecule has 4 nitrogen and oxygen atoms in total. The van der Waals surface area contributed by atoms with Crippen LogP contribution in [-0.2, 0) is 6.42 Å². The normalized spacial score (nSPS) is 12.7. The molecule has 0 fully saturated rings. The summed E-state index contributed by atoms with van der Waals surface area (Å²) in [5, 5.41) is 9.58. The van der Waals surface area contributed by atoms with Gasteiger partial charge in [0.25, 0.3) is 0 Å². The van der Waals surface area contributed by atoms with E-state index in [0.29, 0.717) is 38.0 Å². The first-order valence-electron chi connectivity index (χ1n) is 8.19. The molecular formula is C18H31NO3. The third-order valence-electron chi connectivity index (χ3n) is 3.19. The molecule has 0 aliphatic heterocycles. The highest BCUT2D eigenvalue weighted by atomic mass is 16.5. The summed E-state index contributed by atoms with van der Waals surface area (Å²) in [5.41, 5.74) is 6.57. The van der Waals surface area contributed by atoms with Gasteiger partial charge in [-0.05, 0) is 42.4 Å². The number of hydrogen-bond donors (Lipinski definition) is 2. The summed E-state index contributed by atoms with van der Waals surface area (Å²) in [6.07, 6.45) is 0.990. The molecule has 22 heavy (non-hydrogen) atoms. The minimum Gasteiger partial charge on any atom is -0.489 e. The number of rotatable bonds is 10. The van der Waals surface area contributed by atoms with Crippen molar-refractivity contribution in [1.29, 1.82) is 0 Å². The number of hydrogen-bond acceptors (Lipinski definition) is 4. The van der Waals surface area contributed by atoms with Gasteiger partial charge >= 0.3 is 0 Å². The fourth-order valence-electron chi connectivity index (χ4n) is 1.90. The predicted octanol–water partition coefficient (Wildman–Crippen LogP) is 3.01. The number of benzene rings is 1. The first-order chi connectivity index (χ1) is 10.4. The van der Waals surface area contributed by atoms with E-state index in [9.17, 15) is 5.11 Å². The number of aliphatic hydroxyl groups is 1. The Morgan fingerprint density at radius 2 is 1.59 bits per heavy atom. The fourth-order valence-corrected chi connectivity index (χ4v) is 1.90. The lowest BCUT2D eigenvalue weighted by Crippen LogP contribution is -2.20. The minimum absolute atomic E-state index is 0.298. The zero-order valence-electron chi connectivity index (χ0n) is 14.3. The number of aliphatic hydroxyl groups excluding tert-OH is 1. The molecule has 1 aromatic carbocycles. The van der Waals surface area contributed by atoms with E-state index < -0.39 is 6.10 Å². The van der Waals surface area contributed by atoms with Gasteiger partial charge in [0.2, 0.25) is 0 Å². The highest BCUT2D eigenvalue weighted by Crippen LogP contribution is 2.30. The molecule has 0 heterocycles. The zero-order chi connectivity index (χ0) is 16.5. The molecule has 3 N–H and O–H groups in total. The lowest BCUT2D eigenvalue weighted by Gasteiger charge is -2.17. The van der Waals surface area contributed by atoms with Crippen molar-refractivity contribution in [3.05, 3.63) is 23.8 Å². The third-order valence-corrected chi connectivity index (χ3v) is 3.19. The van der Waals surface area contributed by atoms with E-state index in [0.717, 1.165) is 23.5 Å². The fraction of sp³-hybridized carbons (Fsp3) is 0.667. The Morgan fingerprint density at radius 3 is 2.14 bits per heavy atom. The molecule has 126 valence electrons. The summed E-state index contributed by atoms with van der Waals surface area (Å²) >= 11 is 0. The van der Waals surface area contributed by atoms with E-state index in [-0.39, 0.29) is 0 Å². The molecule has 4 heteroatoms. The average Bonchev–Trinajstić information content (AvgIpc) is 2.48. The zero-order valence-corrected chi connectivity index (χ0v) is 14.3. The summed E-state index contributed by atoms with van der Waals surface area (Å²) in [6, 6.07) is 6.00. The smallest absolute Gasteiger partial charge is 0.161 e. The summed E-state index contributed by atoms with van der Waals surface area (Å²) < 4.78 is 11.7. The molecule has 0 aromatic heterocycles. The van der Waals surface area contributed by atoms with E-state index in [4.69, 9.17) is 15.2 Å². The molecule has 0 aliphatic rings. The molecule has 0 amide bonds. The summed E-state index contributed by atoms with van der Waals surface area (Å²) in [6.45, 7) is 10.1. The average molecular weight is 309 g/mol. The first-order valence-corrected chi connectivity index (χ1v) is 8.19. The molecule has 0 saturated heterocycles. The maximum atomic E-state index is 9.58. The molecule has 0 saturated carbocycles. The van der Waals surface area contributed by atoms with Crippen LogP contribution in [0.1, 0.15) is 39.7 Å². The van der Waals surface area contributed by atoms with E-state index in [2.05, 4.69) is 27.7 Å². The van der Waals surface area contributed by atoms with Crippen LogP contribution in [0, 0.1) is 11.8 Å². The minimum atomic E-state index is -0.447. The Morgan fingerprint density at radius 1 is 1.00 bits per heavy atom. The highest BCUT2D eigenvalue weighted by molar-refractivity contribution is 5.43. The lowest BCUT2D eigenvalue weighted by molar-refractivity contribution is 0.173. The molecule has 1 aromatic rings. The van der Waals surface area contributed by atoms with Gasteiger partial charge in [0.1, 0.15) is 0 Å². The molecule has 0 aliphatic carbocycles. The van der Waals surface area contributed by atoms with Gasteiger partial charge in [0, 0.05) is 6.54 Å². The van der Waals surface area contributed by atoms with Gasteiger partial charge < -0.3 is 20.3 Å². The van der Waals surface area contributed by atoms with Gasteiger partial charge in [-0.15, -0.1) is 0 Å². The maximum Gasteiger partial charge on any atom is 0.161 e.